The van der Waals surface area contributed by atoms with Gasteiger partial charge in [0.15, 0.2) is 0 Å². The fourth-order valence-corrected chi connectivity index (χ4v) is 3.44. The number of nitrogens with zero attached hydrogens (tertiary/aromatic N) is 1. The van der Waals surface area contributed by atoms with E-state index >= 15 is 0 Å². The van der Waals surface area contributed by atoms with Crippen molar-refractivity contribution >= 4 is 0 Å². The lowest BCUT2D eigenvalue weighted by Crippen LogP contribution is -2.46. The maximum Gasteiger partial charge on any atom is 0.115 e. The summed E-state index contributed by atoms with van der Waals surface area (Å²) in [6.07, 6.45) is 4.85. The first-order chi connectivity index (χ1) is 8.22. The second-order valence-electron chi connectivity index (χ2n) is 5.46. The molecule has 2 atom stereocenters. The van der Waals surface area contributed by atoms with Gasteiger partial charge >= 0.3 is 0 Å². The van der Waals surface area contributed by atoms with E-state index in [1.54, 1.807) is 6.07 Å². The zero-order valence-electron chi connectivity index (χ0n) is 10.0. The van der Waals surface area contributed by atoms with Crippen molar-refractivity contribution in [2.45, 2.75) is 50.4 Å². The highest BCUT2D eigenvalue weighted by molar-refractivity contribution is 5.27. The number of aromatic hydroxyl groups is 1. The molecular formula is C14H20N2O. The molecule has 2 saturated heterocycles. The molecule has 0 saturated carbocycles. The maximum absolute atomic E-state index is 9.49. The van der Waals surface area contributed by atoms with E-state index in [-0.39, 0.29) is 0 Å². The van der Waals surface area contributed by atoms with E-state index in [2.05, 4.69) is 11.0 Å². The Morgan fingerprint density at radius 3 is 2.59 bits per heavy atom. The number of fused-ring (bicyclic) bond motifs is 2. The Bertz CT molecular complexity index is 393. The highest BCUT2D eigenvalue weighted by atomic mass is 16.3. The van der Waals surface area contributed by atoms with Crippen molar-refractivity contribution in [3.63, 3.8) is 0 Å². The van der Waals surface area contributed by atoms with E-state index in [1.165, 1.54) is 18.4 Å². The molecule has 0 radical (unpaired) electrons. The van der Waals surface area contributed by atoms with Crippen LogP contribution < -0.4 is 5.73 Å². The lowest BCUT2D eigenvalue weighted by Gasteiger charge is -2.37. The predicted molar refractivity (Wildman–Crippen MR) is 67.7 cm³/mol. The van der Waals surface area contributed by atoms with Gasteiger partial charge in [0.05, 0.1) is 0 Å². The average Bonchev–Trinajstić information content (AvgIpc) is 2.54. The van der Waals surface area contributed by atoms with Gasteiger partial charge in [-0.25, -0.2) is 0 Å². The van der Waals surface area contributed by atoms with Gasteiger partial charge in [0.1, 0.15) is 5.75 Å². The Kier molecular flexibility index (Phi) is 2.81. The quantitative estimate of drug-likeness (QED) is 0.818. The van der Waals surface area contributed by atoms with Crippen molar-refractivity contribution in [3.05, 3.63) is 29.8 Å². The number of hydrogen-bond donors (Lipinski definition) is 2. The van der Waals surface area contributed by atoms with E-state index in [4.69, 9.17) is 5.73 Å². The van der Waals surface area contributed by atoms with Crippen LogP contribution in [0.4, 0.5) is 0 Å². The summed E-state index contributed by atoms with van der Waals surface area (Å²) in [5.41, 5.74) is 7.27. The fourth-order valence-electron chi connectivity index (χ4n) is 3.44. The Hall–Kier alpha value is -1.06. The normalized spacial score (nSPS) is 32.9. The number of benzene rings is 1. The van der Waals surface area contributed by atoms with Crippen molar-refractivity contribution in [1.82, 2.24) is 4.90 Å². The largest absolute Gasteiger partial charge is 0.508 e. The molecule has 3 N–H and O–H groups in total. The van der Waals surface area contributed by atoms with Crippen LogP contribution in [0.25, 0.3) is 0 Å². The molecule has 3 nitrogen and oxygen atoms in total. The van der Waals surface area contributed by atoms with Crippen LogP contribution in [0.15, 0.2) is 24.3 Å². The summed E-state index contributed by atoms with van der Waals surface area (Å²) in [5, 5.41) is 9.49. The van der Waals surface area contributed by atoms with Crippen LogP contribution in [0.3, 0.4) is 0 Å². The minimum atomic E-state index is 0.364. The Labute approximate surface area is 102 Å². The summed E-state index contributed by atoms with van der Waals surface area (Å²) < 4.78 is 0. The topological polar surface area (TPSA) is 49.5 Å². The molecule has 0 amide bonds. The lowest BCUT2D eigenvalue weighted by molar-refractivity contribution is 0.120. The molecule has 92 valence electrons. The molecule has 0 aromatic heterocycles. The van der Waals surface area contributed by atoms with Gasteiger partial charge in [-0.05, 0) is 43.4 Å². The van der Waals surface area contributed by atoms with Gasteiger partial charge in [0, 0.05) is 24.7 Å². The first-order valence-electron chi connectivity index (χ1n) is 6.51. The summed E-state index contributed by atoms with van der Waals surface area (Å²) in [6.45, 7) is 0.955. The van der Waals surface area contributed by atoms with Crippen LogP contribution in [0.2, 0.25) is 0 Å². The number of rotatable bonds is 2. The number of hydrogen-bond acceptors (Lipinski definition) is 3. The molecule has 2 bridgehead atoms. The summed E-state index contributed by atoms with van der Waals surface area (Å²) >= 11 is 0. The van der Waals surface area contributed by atoms with Gasteiger partial charge in [-0.3, -0.25) is 4.90 Å². The molecule has 0 spiro atoms. The Morgan fingerprint density at radius 2 is 1.94 bits per heavy atom. The molecule has 3 heteroatoms. The lowest BCUT2D eigenvalue weighted by atomic mass is 9.97. The molecule has 1 aromatic rings. The van der Waals surface area contributed by atoms with Crippen molar-refractivity contribution in [2.24, 2.45) is 5.73 Å². The minimum Gasteiger partial charge on any atom is -0.508 e. The van der Waals surface area contributed by atoms with Gasteiger partial charge in [0.25, 0.3) is 0 Å². The van der Waals surface area contributed by atoms with E-state index in [0.717, 1.165) is 19.4 Å². The monoisotopic (exact) mass is 232 g/mol. The van der Waals surface area contributed by atoms with E-state index in [1.807, 2.05) is 12.1 Å². The van der Waals surface area contributed by atoms with Crippen LogP contribution in [-0.4, -0.2) is 28.1 Å². The molecule has 0 aliphatic carbocycles. The SMILES string of the molecule is NC1CC2CCC(C1)N2Cc1cccc(O)c1. The zero-order chi connectivity index (χ0) is 11.8. The van der Waals surface area contributed by atoms with Crippen molar-refractivity contribution < 1.29 is 5.11 Å². The number of piperidine rings is 1. The smallest absolute Gasteiger partial charge is 0.115 e. The first kappa shape index (κ1) is 11.1. The molecule has 17 heavy (non-hydrogen) atoms. The summed E-state index contributed by atoms with van der Waals surface area (Å²) in [4.78, 5) is 2.58. The molecule has 3 rings (SSSR count). The van der Waals surface area contributed by atoms with E-state index in [9.17, 15) is 5.11 Å². The van der Waals surface area contributed by atoms with E-state index in [0.29, 0.717) is 23.9 Å². The van der Waals surface area contributed by atoms with Crippen LogP contribution in [0.5, 0.6) is 5.75 Å². The minimum absolute atomic E-state index is 0.364. The van der Waals surface area contributed by atoms with Gasteiger partial charge < -0.3 is 10.8 Å². The van der Waals surface area contributed by atoms with Gasteiger partial charge in [0.2, 0.25) is 0 Å². The second kappa shape index (κ2) is 4.31. The van der Waals surface area contributed by atoms with Crippen molar-refractivity contribution in [2.75, 3.05) is 0 Å². The van der Waals surface area contributed by atoms with Crippen LogP contribution in [0, 0.1) is 0 Å². The second-order valence-corrected chi connectivity index (χ2v) is 5.46. The third-order valence-corrected chi connectivity index (χ3v) is 4.20. The average molecular weight is 232 g/mol. The van der Waals surface area contributed by atoms with Crippen molar-refractivity contribution in [3.8, 4) is 5.75 Å². The standard InChI is InChI=1S/C14H20N2O/c15-11-7-12-4-5-13(8-11)16(12)9-10-2-1-3-14(17)6-10/h1-3,6,11-13,17H,4-5,7-9,15H2. The van der Waals surface area contributed by atoms with Crippen LogP contribution in [0.1, 0.15) is 31.2 Å². The highest BCUT2D eigenvalue weighted by Crippen LogP contribution is 2.36. The Morgan fingerprint density at radius 1 is 1.24 bits per heavy atom. The molecule has 1 aromatic carbocycles. The third-order valence-electron chi connectivity index (χ3n) is 4.20. The van der Waals surface area contributed by atoms with Gasteiger partial charge in [-0.2, -0.15) is 0 Å². The number of phenolic OH excluding ortho intramolecular Hbond substituents is 1. The molecule has 2 fully saturated rings. The Balaban J connectivity index is 1.74. The predicted octanol–water partition coefficient (Wildman–Crippen LogP) is 1.85. The zero-order valence-corrected chi connectivity index (χ0v) is 10.0. The maximum atomic E-state index is 9.49. The molecule has 2 aliphatic heterocycles. The molecule has 2 unspecified atom stereocenters. The summed E-state index contributed by atoms with van der Waals surface area (Å²) in [5.74, 6) is 0.364. The fraction of sp³-hybridized carbons (Fsp3) is 0.571. The summed E-state index contributed by atoms with van der Waals surface area (Å²) in [7, 11) is 0. The van der Waals surface area contributed by atoms with Crippen LogP contribution in [-0.2, 0) is 6.54 Å². The molecular weight excluding hydrogens is 212 g/mol. The third kappa shape index (κ3) is 2.17. The van der Waals surface area contributed by atoms with Crippen LogP contribution >= 0.6 is 0 Å². The molecule has 2 heterocycles. The summed E-state index contributed by atoms with van der Waals surface area (Å²) in [6, 6.07) is 9.32. The first-order valence-corrected chi connectivity index (χ1v) is 6.51. The van der Waals surface area contributed by atoms with Gasteiger partial charge in [-0.1, -0.05) is 12.1 Å². The van der Waals surface area contributed by atoms with E-state index < -0.39 is 0 Å². The van der Waals surface area contributed by atoms with Gasteiger partial charge in [-0.15, -0.1) is 0 Å². The van der Waals surface area contributed by atoms with Crippen molar-refractivity contribution in [1.29, 1.82) is 0 Å². The molecule has 2 aliphatic rings. The highest BCUT2D eigenvalue weighted by Gasteiger charge is 2.39. The number of nitrogens with two attached hydrogens (primary N) is 1. The number of phenols is 1.